The highest BCUT2D eigenvalue weighted by Crippen LogP contribution is 1.95. The SMILES string of the molecule is C=C/C=C(C)\C=C/CC. The Morgan fingerprint density at radius 1 is 1.56 bits per heavy atom. The third-order valence-corrected chi connectivity index (χ3v) is 0.997. The van der Waals surface area contributed by atoms with Gasteiger partial charge in [0.2, 0.25) is 0 Å². The van der Waals surface area contributed by atoms with Gasteiger partial charge in [0.25, 0.3) is 0 Å². The van der Waals surface area contributed by atoms with Crippen molar-refractivity contribution in [1.82, 2.24) is 0 Å². The summed E-state index contributed by atoms with van der Waals surface area (Å²) in [5, 5.41) is 0. The van der Waals surface area contributed by atoms with E-state index in [0.717, 1.165) is 6.42 Å². The first-order chi connectivity index (χ1) is 4.31. The van der Waals surface area contributed by atoms with Crippen LogP contribution in [-0.2, 0) is 0 Å². The Morgan fingerprint density at radius 2 is 2.22 bits per heavy atom. The Kier molecular flexibility index (Phi) is 4.89. The maximum atomic E-state index is 3.60. The van der Waals surface area contributed by atoms with Gasteiger partial charge in [-0.15, -0.1) is 0 Å². The van der Waals surface area contributed by atoms with Crippen molar-refractivity contribution < 1.29 is 0 Å². The van der Waals surface area contributed by atoms with Crippen LogP contribution in [0.2, 0.25) is 0 Å². The summed E-state index contributed by atoms with van der Waals surface area (Å²) >= 11 is 0. The average molecular weight is 122 g/mol. The second kappa shape index (κ2) is 5.36. The quantitative estimate of drug-likeness (QED) is 0.504. The van der Waals surface area contributed by atoms with Crippen molar-refractivity contribution in [1.29, 1.82) is 0 Å². The lowest BCUT2D eigenvalue weighted by molar-refractivity contribution is 1.22. The smallest absolute Gasteiger partial charge is 0.0376 e. The summed E-state index contributed by atoms with van der Waals surface area (Å²) in [6.07, 6.45) is 9.13. The van der Waals surface area contributed by atoms with Crippen LogP contribution in [-0.4, -0.2) is 0 Å². The van der Waals surface area contributed by atoms with Crippen molar-refractivity contribution in [2.45, 2.75) is 20.3 Å². The zero-order valence-electron chi connectivity index (χ0n) is 6.22. The molecule has 0 atom stereocenters. The van der Waals surface area contributed by atoms with E-state index in [4.69, 9.17) is 0 Å². The number of allylic oxidation sites excluding steroid dienone is 5. The Morgan fingerprint density at radius 3 is 2.67 bits per heavy atom. The van der Waals surface area contributed by atoms with Crippen molar-refractivity contribution in [3.8, 4) is 0 Å². The molecule has 0 heteroatoms. The lowest BCUT2D eigenvalue weighted by atomic mass is 10.2. The highest BCUT2D eigenvalue weighted by molar-refractivity contribution is 5.20. The molecule has 0 aliphatic heterocycles. The topological polar surface area (TPSA) is 0 Å². The summed E-state index contributed by atoms with van der Waals surface area (Å²) < 4.78 is 0. The first-order valence-corrected chi connectivity index (χ1v) is 3.27. The second-order valence-corrected chi connectivity index (χ2v) is 1.96. The number of hydrogen-bond donors (Lipinski definition) is 0. The van der Waals surface area contributed by atoms with E-state index in [1.807, 2.05) is 6.08 Å². The Bertz CT molecular complexity index is 127. The van der Waals surface area contributed by atoms with E-state index < -0.39 is 0 Å². The van der Waals surface area contributed by atoms with Crippen molar-refractivity contribution in [3.63, 3.8) is 0 Å². The van der Waals surface area contributed by atoms with Crippen molar-refractivity contribution in [3.05, 3.63) is 36.5 Å². The molecule has 0 heterocycles. The third kappa shape index (κ3) is 5.09. The van der Waals surface area contributed by atoms with Gasteiger partial charge in [0.15, 0.2) is 0 Å². The van der Waals surface area contributed by atoms with Crippen molar-refractivity contribution in [2.24, 2.45) is 0 Å². The van der Waals surface area contributed by atoms with Gasteiger partial charge < -0.3 is 0 Å². The summed E-state index contributed by atoms with van der Waals surface area (Å²) in [7, 11) is 0. The Hall–Kier alpha value is -0.780. The molecule has 0 spiro atoms. The van der Waals surface area contributed by atoms with Crippen LogP contribution >= 0.6 is 0 Å². The van der Waals surface area contributed by atoms with E-state index in [-0.39, 0.29) is 0 Å². The molecule has 0 fully saturated rings. The molecule has 0 aromatic carbocycles. The minimum absolute atomic E-state index is 1.10. The van der Waals surface area contributed by atoms with E-state index in [1.54, 1.807) is 6.08 Å². The normalized spacial score (nSPS) is 12.4. The molecule has 0 rings (SSSR count). The van der Waals surface area contributed by atoms with Gasteiger partial charge in [0.1, 0.15) is 0 Å². The van der Waals surface area contributed by atoms with E-state index in [1.165, 1.54) is 5.57 Å². The second-order valence-electron chi connectivity index (χ2n) is 1.96. The van der Waals surface area contributed by atoms with Crippen LogP contribution < -0.4 is 0 Å². The molecular formula is C9H14. The number of rotatable bonds is 3. The summed E-state index contributed by atoms with van der Waals surface area (Å²) in [5.41, 5.74) is 1.26. The predicted octanol–water partition coefficient (Wildman–Crippen LogP) is 3.08. The molecule has 9 heavy (non-hydrogen) atoms. The predicted molar refractivity (Wildman–Crippen MR) is 43.4 cm³/mol. The van der Waals surface area contributed by atoms with Gasteiger partial charge in [-0.25, -0.2) is 0 Å². The fourth-order valence-electron chi connectivity index (χ4n) is 0.545. The Labute approximate surface area is 57.6 Å². The van der Waals surface area contributed by atoms with E-state index >= 15 is 0 Å². The molecule has 0 bridgehead atoms. The van der Waals surface area contributed by atoms with Crippen molar-refractivity contribution in [2.75, 3.05) is 0 Å². The lowest BCUT2D eigenvalue weighted by Crippen LogP contribution is -1.63. The van der Waals surface area contributed by atoms with Gasteiger partial charge in [-0.3, -0.25) is 0 Å². The highest BCUT2D eigenvalue weighted by atomic mass is 13.8. The molecule has 0 saturated carbocycles. The largest absolute Gasteiger partial charge is 0.0991 e. The standard InChI is InChI=1S/C9H14/c1-4-6-8-9(3)7-5-2/h5-8H,2,4H2,1,3H3/b8-6-,9-7-. The third-order valence-electron chi connectivity index (χ3n) is 0.997. The van der Waals surface area contributed by atoms with Gasteiger partial charge in [-0.2, -0.15) is 0 Å². The highest BCUT2D eigenvalue weighted by Gasteiger charge is 1.73. The fraction of sp³-hybridized carbons (Fsp3) is 0.333. The first kappa shape index (κ1) is 8.22. The molecular weight excluding hydrogens is 108 g/mol. The molecule has 0 saturated heterocycles. The average Bonchev–Trinajstić information content (AvgIpc) is 1.85. The molecule has 0 aromatic heterocycles. The molecule has 0 N–H and O–H groups in total. The summed E-state index contributed by atoms with van der Waals surface area (Å²) in [4.78, 5) is 0. The Balaban J connectivity index is 3.74. The zero-order chi connectivity index (χ0) is 7.11. The van der Waals surface area contributed by atoms with Crippen LogP contribution in [0.5, 0.6) is 0 Å². The molecule has 0 aliphatic rings. The summed E-state index contributed by atoms with van der Waals surface area (Å²) in [6.45, 7) is 7.78. The van der Waals surface area contributed by atoms with Crippen LogP contribution in [0.25, 0.3) is 0 Å². The van der Waals surface area contributed by atoms with Crippen LogP contribution in [0, 0.1) is 0 Å². The minimum atomic E-state index is 1.10. The number of hydrogen-bond acceptors (Lipinski definition) is 0. The van der Waals surface area contributed by atoms with Gasteiger partial charge in [0, 0.05) is 0 Å². The zero-order valence-corrected chi connectivity index (χ0v) is 6.22. The van der Waals surface area contributed by atoms with Crippen LogP contribution in [0.1, 0.15) is 20.3 Å². The molecule has 0 amide bonds. The van der Waals surface area contributed by atoms with E-state index in [9.17, 15) is 0 Å². The van der Waals surface area contributed by atoms with Gasteiger partial charge in [-0.05, 0) is 13.3 Å². The molecule has 0 unspecified atom stereocenters. The minimum Gasteiger partial charge on any atom is -0.0991 e. The maximum Gasteiger partial charge on any atom is -0.0376 e. The first-order valence-electron chi connectivity index (χ1n) is 3.27. The monoisotopic (exact) mass is 122 g/mol. The molecule has 0 radical (unpaired) electrons. The van der Waals surface area contributed by atoms with E-state index in [2.05, 4.69) is 32.6 Å². The van der Waals surface area contributed by atoms with Gasteiger partial charge in [-0.1, -0.05) is 43.4 Å². The molecule has 0 aromatic rings. The summed E-state index contributed by atoms with van der Waals surface area (Å²) in [6, 6.07) is 0. The maximum absolute atomic E-state index is 3.60. The van der Waals surface area contributed by atoms with Crippen LogP contribution in [0.3, 0.4) is 0 Å². The van der Waals surface area contributed by atoms with Crippen LogP contribution in [0.15, 0.2) is 36.5 Å². The molecule has 0 aliphatic carbocycles. The van der Waals surface area contributed by atoms with Crippen molar-refractivity contribution >= 4 is 0 Å². The summed E-state index contributed by atoms with van der Waals surface area (Å²) in [5.74, 6) is 0. The molecule has 50 valence electrons. The van der Waals surface area contributed by atoms with Crippen LogP contribution in [0.4, 0.5) is 0 Å². The fourth-order valence-corrected chi connectivity index (χ4v) is 0.545. The van der Waals surface area contributed by atoms with Gasteiger partial charge >= 0.3 is 0 Å². The molecule has 0 nitrogen and oxygen atoms in total. The van der Waals surface area contributed by atoms with Gasteiger partial charge in [0.05, 0.1) is 0 Å². The van der Waals surface area contributed by atoms with E-state index in [0.29, 0.717) is 0 Å². The lowest BCUT2D eigenvalue weighted by Gasteiger charge is -1.84.